The Morgan fingerprint density at radius 1 is 0.458 bits per heavy atom. The maximum atomic E-state index is 12.7. The van der Waals surface area contributed by atoms with Crippen molar-refractivity contribution < 1.29 is 37.6 Å². The summed E-state index contributed by atoms with van der Waals surface area (Å²) in [6.45, 7) is 4.39. The van der Waals surface area contributed by atoms with Crippen LogP contribution < -0.4 is 0 Å². The molecule has 0 aromatic heterocycles. The van der Waals surface area contributed by atoms with Crippen LogP contribution in [0.4, 0.5) is 0 Å². The van der Waals surface area contributed by atoms with E-state index in [-0.39, 0.29) is 25.6 Å². The van der Waals surface area contributed by atoms with Crippen molar-refractivity contribution in [2.75, 3.05) is 40.5 Å². The first kappa shape index (κ1) is 58.0. The minimum absolute atomic E-state index is 0.0128. The van der Waals surface area contributed by atoms with Gasteiger partial charge in [0.05, 0.1) is 13.2 Å². The summed E-state index contributed by atoms with van der Waals surface area (Å²) in [6.07, 6.45) is 45.8. The molecule has 0 rings (SSSR count). The van der Waals surface area contributed by atoms with Crippen LogP contribution in [0.2, 0.25) is 0 Å². The molecule has 10 heteroatoms. The molecule has 0 aliphatic rings. The third-order valence-electron chi connectivity index (χ3n) is 11.4. The lowest BCUT2D eigenvalue weighted by molar-refractivity contribution is -0.161. The van der Waals surface area contributed by atoms with E-state index in [0.717, 1.165) is 38.5 Å². The first-order chi connectivity index (χ1) is 28.7. The van der Waals surface area contributed by atoms with Gasteiger partial charge in [-0.2, -0.15) is 0 Å². The molecule has 0 aromatic carbocycles. The fourth-order valence-corrected chi connectivity index (χ4v) is 8.26. The number of hydrogen-bond acceptors (Lipinski definition) is 8. The lowest BCUT2D eigenvalue weighted by Gasteiger charge is -2.20. The number of unbranched alkanes of at least 4 members (excludes halogenated alkanes) is 34. The Bertz CT molecular complexity index is 951. The number of rotatable bonds is 48. The summed E-state index contributed by atoms with van der Waals surface area (Å²) in [4.78, 5) is 37.2. The van der Waals surface area contributed by atoms with E-state index < -0.39 is 26.5 Å². The van der Waals surface area contributed by atoms with Crippen LogP contribution in [0.3, 0.4) is 0 Å². The first-order valence-corrected chi connectivity index (χ1v) is 26.8. The van der Waals surface area contributed by atoms with Crippen LogP contribution in [-0.4, -0.2) is 68.3 Å². The highest BCUT2D eigenvalue weighted by Gasteiger charge is 2.26. The van der Waals surface area contributed by atoms with E-state index in [9.17, 15) is 19.0 Å². The Morgan fingerprint density at radius 3 is 1.08 bits per heavy atom. The molecule has 0 spiro atoms. The zero-order valence-corrected chi connectivity index (χ0v) is 40.4. The predicted molar refractivity (Wildman–Crippen MR) is 248 cm³/mol. The van der Waals surface area contributed by atoms with Gasteiger partial charge in [0.15, 0.2) is 6.10 Å². The van der Waals surface area contributed by atoms with Crippen LogP contribution in [0.5, 0.6) is 0 Å². The molecule has 0 radical (unpaired) electrons. The average molecular weight is 860 g/mol. The van der Waals surface area contributed by atoms with Gasteiger partial charge in [-0.15, -0.1) is 0 Å². The number of nitrogens with zero attached hydrogens (tertiary/aromatic N) is 1. The standard InChI is InChI=1S/C49H98NO8P/c1-5-7-9-11-13-15-17-19-21-22-23-24-25-26-28-30-32-34-36-38-40-42-49(52)58-47(46-57-59(53,54)56-44-43-50(3)4)45-55-48(51)41-39-37-35-33-31-29-27-20-18-16-14-12-10-8-6-2/h47H,5-46H2,1-4H3,(H,53,54). The third kappa shape index (κ3) is 46.3. The van der Waals surface area contributed by atoms with E-state index in [4.69, 9.17) is 18.5 Å². The summed E-state index contributed by atoms with van der Waals surface area (Å²) < 4.78 is 33.6. The number of carbonyl (C=O) groups is 2. The Labute approximate surface area is 365 Å². The fraction of sp³-hybridized carbons (Fsp3) is 0.959. The molecular weight excluding hydrogens is 762 g/mol. The Balaban J connectivity index is 4.12. The van der Waals surface area contributed by atoms with Crippen LogP contribution in [0.25, 0.3) is 0 Å². The number of carbonyl (C=O) groups excluding carboxylic acids is 2. The van der Waals surface area contributed by atoms with E-state index in [0.29, 0.717) is 13.0 Å². The summed E-state index contributed by atoms with van der Waals surface area (Å²) in [7, 11) is -0.695. The molecule has 0 heterocycles. The lowest BCUT2D eigenvalue weighted by Crippen LogP contribution is -2.29. The van der Waals surface area contributed by atoms with Crippen molar-refractivity contribution >= 4 is 19.8 Å². The van der Waals surface area contributed by atoms with E-state index in [1.807, 2.05) is 19.0 Å². The third-order valence-corrected chi connectivity index (χ3v) is 12.4. The quantitative estimate of drug-likeness (QED) is 0.0363. The van der Waals surface area contributed by atoms with Crippen LogP contribution in [0, 0.1) is 0 Å². The van der Waals surface area contributed by atoms with Gasteiger partial charge in [-0.05, 0) is 26.9 Å². The van der Waals surface area contributed by atoms with E-state index in [1.165, 1.54) is 193 Å². The molecule has 9 nitrogen and oxygen atoms in total. The zero-order chi connectivity index (χ0) is 43.3. The molecule has 352 valence electrons. The smallest absolute Gasteiger partial charge is 0.462 e. The van der Waals surface area contributed by atoms with Gasteiger partial charge in [-0.1, -0.05) is 232 Å². The molecule has 0 aromatic rings. The Hall–Kier alpha value is -0.990. The number of ether oxygens (including phenoxy) is 2. The van der Waals surface area contributed by atoms with E-state index in [1.54, 1.807) is 0 Å². The molecule has 0 aliphatic carbocycles. The van der Waals surface area contributed by atoms with Crippen molar-refractivity contribution in [3.63, 3.8) is 0 Å². The van der Waals surface area contributed by atoms with Gasteiger partial charge in [0.1, 0.15) is 6.61 Å². The number of phosphoric ester groups is 1. The average Bonchev–Trinajstić information content (AvgIpc) is 3.20. The van der Waals surface area contributed by atoms with Crippen molar-refractivity contribution in [1.29, 1.82) is 0 Å². The highest BCUT2D eigenvalue weighted by atomic mass is 31.2. The summed E-state index contributed by atoms with van der Waals surface area (Å²) in [5.41, 5.74) is 0. The van der Waals surface area contributed by atoms with Gasteiger partial charge in [0.25, 0.3) is 0 Å². The fourth-order valence-electron chi connectivity index (χ4n) is 7.51. The van der Waals surface area contributed by atoms with Gasteiger partial charge in [-0.3, -0.25) is 18.6 Å². The number of likely N-dealkylation sites (N-methyl/N-ethyl adjacent to an activating group) is 1. The number of esters is 2. The van der Waals surface area contributed by atoms with E-state index in [2.05, 4.69) is 13.8 Å². The molecular formula is C49H98NO8P. The van der Waals surface area contributed by atoms with Crippen molar-refractivity contribution in [2.24, 2.45) is 0 Å². The zero-order valence-electron chi connectivity index (χ0n) is 39.5. The maximum Gasteiger partial charge on any atom is 0.472 e. The molecule has 59 heavy (non-hydrogen) atoms. The minimum atomic E-state index is -4.36. The largest absolute Gasteiger partial charge is 0.472 e. The topological polar surface area (TPSA) is 112 Å². The van der Waals surface area contributed by atoms with Crippen molar-refractivity contribution in [3.8, 4) is 0 Å². The predicted octanol–water partition coefficient (Wildman–Crippen LogP) is 15.0. The maximum absolute atomic E-state index is 12.7. The van der Waals surface area contributed by atoms with Crippen molar-refractivity contribution in [2.45, 2.75) is 264 Å². The minimum Gasteiger partial charge on any atom is -0.462 e. The normalized spacial score (nSPS) is 13.2. The second kappa shape index (κ2) is 45.0. The summed E-state index contributed by atoms with van der Waals surface area (Å²) in [6, 6.07) is 0. The SMILES string of the molecule is CCCCCCCCCCCCCCCCCCCCCCCC(=O)OC(COC(=O)CCCCCCCCCCCCCCCCC)COP(=O)(O)OCCN(C)C. The lowest BCUT2D eigenvalue weighted by atomic mass is 10.0. The molecule has 2 atom stereocenters. The molecule has 0 bridgehead atoms. The Kier molecular flexibility index (Phi) is 44.3. The molecule has 0 fully saturated rings. The molecule has 2 unspecified atom stereocenters. The molecule has 1 N–H and O–H groups in total. The number of phosphoric acid groups is 1. The van der Waals surface area contributed by atoms with Gasteiger partial charge < -0.3 is 19.3 Å². The van der Waals surface area contributed by atoms with Gasteiger partial charge in [0.2, 0.25) is 0 Å². The first-order valence-electron chi connectivity index (χ1n) is 25.3. The molecule has 0 amide bonds. The summed E-state index contributed by atoms with van der Waals surface area (Å²) in [5.74, 6) is -0.782. The monoisotopic (exact) mass is 860 g/mol. The summed E-state index contributed by atoms with van der Waals surface area (Å²) >= 11 is 0. The highest BCUT2D eigenvalue weighted by molar-refractivity contribution is 7.47. The van der Waals surface area contributed by atoms with Crippen molar-refractivity contribution in [1.82, 2.24) is 4.90 Å². The van der Waals surface area contributed by atoms with Gasteiger partial charge >= 0.3 is 19.8 Å². The second-order valence-electron chi connectivity index (χ2n) is 17.7. The Morgan fingerprint density at radius 2 is 0.763 bits per heavy atom. The van der Waals surface area contributed by atoms with Crippen LogP contribution in [-0.2, 0) is 32.7 Å². The molecule has 0 aliphatic heterocycles. The summed E-state index contributed by atoms with van der Waals surface area (Å²) in [5, 5.41) is 0. The molecule has 0 saturated carbocycles. The second-order valence-corrected chi connectivity index (χ2v) is 19.2. The van der Waals surface area contributed by atoms with Crippen LogP contribution >= 0.6 is 7.82 Å². The van der Waals surface area contributed by atoms with Crippen LogP contribution in [0.15, 0.2) is 0 Å². The molecule has 0 saturated heterocycles. The van der Waals surface area contributed by atoms with Gasteiger partial charge in [0, 0.05) is 19.4 Å². The van der Waals surface area contributed by atoms with E-state index >= 15 is 0 Å². The highest BCUT2D eigenvalue weighted by Crippen LogP contribution is 2.43. The van der Waals surface area contributed by atoms with Crippen molar-refractivity contribution in [3.05, 3.63) is 0 Å². The number of hydrogen-bond donors (Lipinski definition) is 1. The van der Waals surface area contributed by atoms with Crippen LogP contribution in [0.1, 0.15) is 258 Å². The van der Waals surface area contributed by atoms with Gasteiger partial charge in [-0.25, -0.2) is 4.57 Å².